The molecule has 0 bridgehead atoms. The number of hydrogen-bond donors (Lipinski definition) is 1. The molecule has 1 aromatic heterocycles. The first kappa shape index (κ1) is 24.5. The number of carbonyl (C=O) groups is 2. The molecule has 2 heterocycles. The molecule has 0 spiro atoms. The molecule has 0 unspecified atom stereocenters. The van der Waals surface area contributed by atoms with E-state index in [1.165, 1.54) is 52.0 Å². The number of benzene rings is 3. The van der Waals surface area contributed by atoms with Crippen LogP contribution in [-0.2, 0) is 20.9 Å². The van der Waals surface area contributed by atoms with Crippen LogP contribution in [0.2, 0.25) is 0 Å². The maximum absolute atomic E-state index is 15.1. The van der Waals surface area contributed by atoms with Gasteiger partial charge in [0.1, 0.15) is 29.7 Å². The van der Waals surface area contributed by atoms with Crippen LogP contribution in [0.25, 0.3) is 11.0 Å². The molecule has 10 heteroatoms. The largest absolute Gasteiger partial charge is 0.376 e. The number of para-hydroxylation sites is 1. The van der Waals surface area contributed by atoms with Crippen molar-refractivity contribution in [2.75, 3.05) is 18.1 Å². The maximum atomic E-state index is 15.1. The van der Waals surface area contributed by atoms with Crippen LogP contribution in [-0.4, -0.2) is 46.1 Å². The van der Waals surface area contributed by atoms with E-state index in [9.17, 15) is 14.0 Å². The quantitative estimate of drug-likeness (QED) is 0.394. The number of halogens is 2. The Labute approximate surface area is 211 Å². The summed E-state index contributed by atoms with van der Waals surface area (Å²) in [5.41, 5.74) is 1.47. The molecule has 0 aliphatic carbocycles. The molecule has 3 aromatic carbocycles. The Morgan fingerprint density at radius 3 is 2.57 bits per heavy atom. The van der Waals surface area contributed by atoms with Crippen LogP contribution >= 0.6 is 0 Å². The highest BCUT2D eigenvalue weighted by atomic mass is 19.1. The molecule has 4 aromatic rings. The molecule has 37 heavy (non-hydrogen) atoms. The summed E-state index contributed by atoms with van der Waals surface area (Å²) in [6, 6.07) is 16.7. The molecule has 5 rings (SSSR count). The summed E-state index contributed by atoms with van der Waals surface area (Å²) in [7, 11) is 0. The van der Waals surface area contributed by atoms with Crippen molar-refractivity contribution < 1.29 is 23.1 Å². The number of ether oxygens (including phenoxy) is 1. The summed E-state index contributed by atoms with van der Waals surface area (Å²) >= 11 is 0. The summed E-state index contributed by atoms with van der Waals surface area (Å²) in [5, 5.41) is 11.0. The third-order valence-electron chi connectivity index (χ3n) is 6.31. The van der Waals surface area contributed by atoms with Crippen LogP contribution in [0.5, 0.6) is 0 Å². The average molecular weight is 506 g/mol. The monoisotopic (exact) mass is 505 g/mol. The number of anilines is 1. The molecule has 190 valence electrons. The molecule has 0 saturated carbocycles. The van der Waals surface area contributed by atoms with Gasteiger partial charge in [-0.2, -0.15) is 0 Å². The Hall–Kier alpha value is -4.18. The Kier molecular flexibility index (Phi) is 7.18. The van der Waals surface area contributed by atoms with Gasteiger partial charge >= 0.3 is 0 Å². The van der Waals surface area contributed by atoms with E-state index < -0.39 is 29.5 Å². The number of nitrogens with zero attached hydrogens (tertiary/aromatic N) is 4. The van der Waals surface area contributed by atoms with Crippen molar-refractivity contribution >= 4 is 28.5 Å². The minimum Gasteiger partial charge on any atom is -0.376 e. The van der Waals surface area contributed by atoms with Crippen LogP contribution < -0.4 is 10.2 Å². The van der Waals surface area contributed by atoms with Crippen LogP contribution in [0.4, 0.5) is 14.5 Å². The van der Waals surface area contributed by atoms with Gasteiger partial charge in [0.2, 0.25) is 11.8 Å². The predicted octanol–water partition coefficient (Wildman–Crippen LogP) is 3.78. The molecule has 2 atom stereocenters. The van der Waals surface area contributed by atoms with E-state index in [1.54, 1.807) is 30.3 Å². The fraction of sp³-hybridized carbons (Fsp3) is 0.259. The molecule has 1 N–H and O–H groups in total. The molecule has 2 amide bonds. The molecule has 1 fully saturated rings. The number of carbonyl (C=O) groups excluding carboxylic acids is 2. The van der Waals surface area contributed by atoms with Gasteiger partial charge in [0.25, 0.3) is 0 Å². The minimum atomic E-state index is -1.37. The van der Waals surface area contributed by atoms with Crippen molar-refractivity contribution in [1.29, 1.82) is 0 Å². The SMILES string of the molecule is O=C(NC[C@H]1CCCO1)[C@@H](c1ccccc1F)N(C(=O)Cn1nnc2ccccc21)c1ccc(F)cc1. The van der Waals surface area contributed by atoms with Gasteiger partial charge in [0.05, 0.1) is 11.6 Å². The summed E-state index contributed by atoms with van der Waals surface area (Å²) in [5.74, 6) is -2.29. The van der Waals surface area contributed by atoms with Gasteiger partial charge in [-0.25, -0.2) is 13.5 Å². The van der Waals surface area contributed by atoms with Crippen molar-refractivity contribution in [3.05, 3.63) is 90.0 Å². The smallest absolute Gasteiger partial charge is 0.249 e. The number of rotatable bonds is 8. The van der Waals surface area contributed by atoms with E-state index in [-0.39, 0.29) is 30.4 Å². The van der Waals surface area contributed by atoms with E-state index >= 15 is 4.39 Å². The fourth-order valence-electron chi connectivity index (χ4n) is 4.49. The van der Waals surface area contributed by atoms with Gasteiger partial charge in [-0.15, -0.1) is 5.10 Å². The molecule has 0 radical (unpaired) electrons. The second-order valence-electron chi connectivity index (χ2n) is 8.78. The van der Waals surface area contributed by atoms with E-state index in [1.807, 2.05) is 0 Å². The Bertz CT molecular complexity index is 1400. The molecule has 1 saturated heterocycles. The number of aromatic nitrogens is 3. The highest BCUT2D eigenvalue weighted by Crippen LogP contribution is 2.30. The Morgan fingerprint density at radius 1 is 1.05 bits per heavy atom. The molecular formula is C27H25F2N5O3. The zero-order chi connectivity index (χ0) is 25.8. The highest BCUT2D eigenvalue weighted by molar-refractivity contribution is 6.01. The Morgan fingerprint density at radius 2 is 1.81 bits per heavy atom. The third-order valence-corrected chi connectivity index (χ3v) is 6.31. The first-order valence-electron chi connectivity index (χ1n) is 12.0. The van der Waals surface area contributed by atoms with Gasteiger partial charge in [-0.05, 0) is 55.3 Å². The normalized spacial score (nSPS) is 16.0. The van der Waals surface area contributed by atoms with Gasteiger partial charge < -0.3 is 10.1 Å². The van der Waals surface area contributed by atoms with Crippen LogP contribution in [0.1, 0.15) is 24.4 Å². The number of fused-ring (bicyclic) bond motifs is 1. The van der Waals surface area contributed by atoms with Gasteiger partial charge in [0, 0.05) is 24.4 Å². The Balaban J connectivity index is 1.54. The van der Waals surface area contributed by atoms with Crippen molar-refractivity contribution in [3.63, 3.8) is 0 Å². The molecular weight excluding hydrogens is 480 g/mol. The highest BCUT2D eigenvalue weighted by Gasteiger charge is 2.35. The minimum absolute atomic E-state index is 0.00784. The first-order chi connectivity index (χ1) is 18.0. The van der Waals surface area contributed by atoms with E-state index in [4.69, 9.17) is 4.74 Å². The summed E-state index contributed by atoms with van der Waals surface area (Å²) in [6.07, 6.45) is 1.54. The molecule has 1 aliphatic rings. The molecule has 1 aliphatic heterocycles. The fourth-order valence-corrected chi connectivity index (χ4v) is 4.49. The summed E-state index contributed by atoms with van der Waals surface area (Å²) in [6.45, 7) is 0.564. The average Bonchev–Trinajstić information content (AvgIpc) is 3.58. The lowest BCUT2D eigenvalue weighted by Gasteiger charge is -2.32. The number of nitrogens with one attached hydrogen (secondary N) is 1. The van der Waals surface area contributed by atoms with Crippen LogP contribution in [0, 0.1) is 11.6 Å². The first-order valence-corrected chi connectivity index (χ1v) is 12.0. The summed E-state index contributed by atoms with van der Waals surface area (Å²) in [4.78, 5) is 28.6. The van der Waals surface area contributed by atoms with Gasteiger partial charge in [-0.1, -0.05) is 35.5 Å². The maximum Gasteiger partial charge on any atom is 0.249 e. The topological polar surface area (TPSA) is 89.4 Å². The lowest BCUT2D eigenvalue weighted by Crippen LogP contribution is -2.47. The van der Waals surface area contributed by atoms with Crippen molar-refractivity contribution in [2.45, 2.75) is 31.5 Å². The van der Waals surface area contributed by atoms with Gasteiger partial charge in [-0.3, -0.25) is 14.5 Å². The van der Waals surface area contributed by atoms with Crippen molar-refractivity contribution in [2.24, 2.45) is 0 Å². The van der Waals surface area contributed by atoms with Crippen LogP contribution in [0.15, 0.2) is 72.8 Å². The second-order valence-corrected chi connectivity index (χ2v) is 8.78. The zero-order valence-electron chi connectivity index (χ0n) is 19.9. The lowest BCUT2D eigenvalue weighted by molar-refractivity contribution is -0.127. The van der Waals surface area contributed by atoms with Crippen molar-refractivity contribution in [1.82, 2.24) is 20.3 Å². The van der Waals surface area contributed by atoms with Gasteiger partial charge in [0.15, 0.2) is 0 Å². The lowest BCUT2D eigenvalue weighted by atomic mass is 10.0. The standard InChI is InChI=1S/C27H25F2N5O3/c28-18-11-13-19(14-12-18)34(25(35)17-33-24-10-4-3-9-23(24)31-32-33)26(21-7-1-2-8-22(21)29)27(36)30-16-20-6-5-15-37-20/h1-4,7-14,20,26H,5-6,15-17H2,(H,30,36)/t20-,26-/m1/s1. The zero-order valence-corrected chi connectivity index (χ0v) is 19.9. The second kappa shape index (κ2) is 10.8. The number of hydrogen-bond acceptors (Lipinski definition) is 5. The van der Waals surface area contributed by atoms with Crippen molar-refractivity contribution in [3.8, 4) is 0 Å². The summed E-state index contributed by atoms with van der Waals surface area (Å²) < 4.78 is 35.9. The third kappa shape index (κ3) is 5.34. The van der Waals surface area contributed by atoms with E-state index in [0.29, 0.717) is 17.6 Å². The predicted molar refractivity (Wildman–Crippen MR) is 133 cm³/mol. The van der Waals surface area contributed by atoms with Crippen LogP contribution in [0.3, 0.4) is 0 Å². The van der Waals surface area contributed by atoms with E-state index in [2.05, 4.69) is 15.6 Å². The number of amides is 2. The molecule has 8 nitrogen and oxygen atoms in total. The van der Waals surface area contributed by atoms with E-state index in [0.717, 1.165) is 12.8 Å².